The summed E-state index contributed by atoms with van der Waals surface area (Å²) >= 11 is 4.66. The molecule has 0 spiro atoms. The Labute approximate surface area is 127 Å². The van der Waals surface area contributed by atoms with Crippen LogP contribution in [-0.4, -0.2) is 11.0 Å². The molecule has 21 heavy (non-hydrogen) atoms. The van der Waals surface area contributed by atoms with E-state index in [0.717, 1.165) is 16.9 Å². The number of carbonyl (C=O) groups is 1. The fourth-order valence-electron chi connectivity index (χ4n) is 2.30. The van der Waals surface area contributed by atoms with Crippen LogP contribution >= 0.6 is 12.2 Å². The molecule has 6 heteroatoms. The first kappa shape index (κ1) is 13.4. The van der Waals surface area contributed by atoms with E-state index in [9.17, 15) is 4.79 Å². The molecular formula is C15H13N3O2S. The van der Waals surface area contributed by atoms with Crippen LogP contribution in [0.5, 0.6) is 11.5 Å². The number of benzene rings is 2. The summed E-state index contributed by atoms with van der Waals surface area (Å²) < 4.78 is 5.84. The average Bonchev–Trinajstić information content (AvgIpc) is 2.50. The van der Waals surface area contributed by atoms with Crippen molar-refractivity contribution < 1.29 is 9.53 Å². The minimum atomic E-state index is -0.303. The standard InChI is InChI=1S/C15H13N3O2S/c16-15(21)18-17-14(19)10-5-3-7-13-11(10)8-9-4-1-2-6-12(9)20-13/h1-7H,8H2,(H,17,19)(H3,16,18,21). The lowest BCUT2D eigenvalue weighted by Gasteiger charge is -2.22. The number of hydrogen-bond donors (Lipinski definition) is 3. The fourth-order valence-corrected chi connectivity index (χ4v) is 2.35. The van der Waals surface area contributed by atoms with Crippen LogP contribution in [0.1, 0.15) is 21.5 Å². The van der Waals surface area contributed by atoms with E-state index < -0.39 is 0 Å². The summed E-state index contributed by atoms with van der Waals surface area (Å²) in [7, 11) is 0. The van der Waals surface area contributed by atoms with Gasteiger partial charge in [0.05, 0.1) is 0 Å². The van der Waals surface area contributed by atoms with Crippen LogP contribution in [-0.2, 0) is 6.42 Å². The number of fused-ring (bicyclic) bond motifs is 2. The smallest absolute Gasteiger partial charge is 0.270 e. The number of hydrazine groups is 1. The molecule has 0 radical (unpaired) electrons. The molecule has 0 bridgehead atoms. The monoisotopic (exact) mass is 299 g/mol. The van der Waals surface area contributed by atoms with Gasteiger partial charge in [-0.1, -0.05) is 24.3 Å². The summed E-state index contributed by atoms with van der Waals surface area (Å²) in [5.74, 6) is 1.21. The molecule has 106 valence electrons. The molecule has 0 atom stereocenters. The lowest BCUT2D eigenvalue weighted by Crippen LogP contribution is -2.44. The number of para-hydroxylation sites is 1. The third kappa shape index (κ3) is 2.66. The average molecular weight is 299 g/mol. The Morgan fingerprint density at radius 2 is 1.86 bits per heavy atom. The molecule has 0 unspecified atom stereocenters. The number of nitrogens with one attached hydrogen (secondary N) is 2. The Balaban J connectivity index is 1.92. The Kier molecular flexibility index (Phi) is 3.45. The third-order valence-electron chi connectivity index (χ3n) is 3.24. The molecule has 0 saturated carbocycles. The summed E-state index contributed by atoms with van der Waals surface area (Å²) in [5.41, 5.74) is 12.6. The van der Waals surface area contributed by atoms with Crippen LogP contribution in [0.4, 0.5) is 0 Å². The van der Waals surface area contributed by atoms with Crippen molar-refractivity contribution in [1.29, 1.82) is 0 Å². The van der Waals surface area contributed by atoms with Crippen LogP contribution in [0.2, 0.25) is 0 Å². The van der Waals surface area contributed by atoms with Crippen molar-refractivity contribution >= 4 is 23.2 Å². The van der Waals surface area contributed by atoms with Crippen molar-refractivity contribution in [2.24, 2.45) is 5.73 Å². The van der Waals surface area contributed by atoms with Crippen LogP contribution in [0.15, 0.2) is 42.5 Å². The van der Waals surface area contributed by atoms with Gasteiger partial charge in [0.25, 0.3) is 5.91 Å². The molecule has 0 saturated heterocycles. The third-order valence-corrected chi connectivity index (χ3v) is 3.34. The second kappa shape index (κ2) is 5.41. The minimum Gasteiger partial charge on any atom is -0.457 e. The van der Waals surface area contributed by atoms with Crippen LogP contribution < -0.4 is 21.3 Å². The number of ether oxygens (including phenoxy) is 1. The van der Waals surface area contributed by atoms with Gasteiger partial charge in [0.2, 0.25) is 0 Å². The lowest BCUT2D eigenvalue weighted by atomic mass is 9.95. The first-order valence-corrected chi connectivity index (χ1v) is 6.79. The van der Waals surface area contributed by atoms with E-state index in [1.165, 1.54) is 0 Å². The van der Waals surface area contributed by atoms with Crippen LogP contribution in [0, 0.1) is 0 Å². The second-order valence-electron chi connectivity index (χ2n) is 4.61. The number of amides is 1. The molecule has 0 fully saturated rings. The molecule has 1 aliphatic rings. The van der Waals surface area contributed by atoms with Gasteiger partial charge >= 0.3 is 0 Å². The van der Waals surface area contributed by atoms with Crippen molar-refractivity contribution in [2.75, 3.05) is 0 Å². The van der Waals surface area contributed by atoms with Gasteiger partial charge in [0, 0.05) is 17.5 Å². The maximum absolute atomic E-state index is 12.2. The zero-order valence-corrected chi connectivity index (χ0v) is 11.9. The van der Waals surface area contributed by atoms with Crippen LogP contribution in [0.3, 0.4) is 0 Å². The first-order chi connectivity index (χ1) is 10.1. The molecule has 2 aromatic rings. The Bertz CT molecular complexity index is 731. The second-order valence-corrected chi connectivity index (χ2v) is 5.05. The molecule has 1 heterocycles. The molecule has 3 rings (SSSR count). The molecule has 0 aliphatic carbocycles. The van der Waals surface area contributed by atoms with Crippen molar-refractivity contribution in [2.45, 2.75) is 6.42 Å². The highest BCUT2D eigenvalue weighted by molar-refractivity contribution is 7.80. The number of nitrogens with two attached hydrogens (primary N) is 1. The van der Waals surface area contributed by atoms with Gasteiger partial charge in [-0.05, 0) is 36.0 Å². The predicted molar refractivity (Wildman–Crippen MR) is 83.2 cm³/mol. The maximum Gasteiger partial charge on any atom is 0.270 e. The van der Waals surface area contributed by atoms with Gasteiger partial charge in [-0.3, -0.25) is 15.6 Å². The normalized spacial score (nSPS) is 11.6. The van der Waals surface area contributed by atoms with Gasteiger partial charge in [-0.25, -0.2) is 0 Å². The molecule has 1 amide bonds. The molecule has 1 aliphatic heterocycles. The maximum atomic E-state index is 12.2. The first-order valence-electron chi connectivity index (χ1n) is 6.38. The zero-order valence-electron chi connectivity index (χ0n) is 11.1. The summed E-state index contributed by atoms with van der Waals surface area (Å²) in [5, 5.41) is 0.00902. The van der Waals surface area contributed by atoms with Gasteiger partial charge < -0.3 is 10.5 Å². The Morgan fingerprint density at radius 1 is 1.10 bits per heavy atom. The highest BCUT2D eigenvalue weighted by Gasteiger charge is 2.22. The van der Waals surface area contributed by atoms with Crippen LogP contribution in [0.25, 0.3) is 0 Å². The Hall–Kier alpha value is -2.60. The summed E-state index contributed by atoms with van der Waals surface area (Å²) in [6, 6.07) is 13.1. The lowest BCUT2D eigenvalue weighted by molar-refractivity contribution is 0.0942. The number of rotatable bonds is 1. The number of thiocarbonyl (C=S) groups is 1. The summed E-state index contributed by atoms with van der Waals surface area (Å²) in [6.45, 7) is 0. The van der Waals surface area contributed by atoms with E-state index in [1.807, 2.05) is 30.3 Å². The predicted octanol–water partition coefficient (Wildman–Crippen LogP) is 1.86. The SMILES string of the molecule is NC(=S)NNC(=O)c1cccc2c1Cc1ccccc1O2. The fraction of sp³-hybridized carbons (Fsp3) is 0.0667. The van der Waals surface area contributed by atoms with E-state index in [1.54, 1.807) is 12.1 Å². The van der Waals surface area contributed by atoms with Gasteiger partial charge in [-0.15, -0.1) is 0 Å². The topological polar surface area (TPSA) is 76.4 Å². The molecule has 4 N–H and O–H groups in total. The van der Waals surface area contributed by atoms with Crippen molar-refractivity contribution in [3.63, 3.8) is 0 Å². The number of hydrogen-bond acceptors (Lipinski definition) is 3. The molecule has 5 nitrogen and oxygen atoms in total. The van der Waals surface area contributed by atoms with E-state index in [0.29, 0.717) is 17.7 Å². The van der Waals surface area contributed by atoms with E-state index in [2.05, 4.69) is 23.1 Å². The van der Waals surface area contributed by atoms with Crippen molar-refractivity contribution in [1.82, 2.24) is 10.9 Å². The zero-order chi connectivity index (χ0) is 14.8. The van der Waals surface area contributed by atoms with Gasteiger partial charge in [0.1, 0.15) is 11.5 Å². The highest BCUT2D eigenvalue weighted by Crippen LogP contribution is 2.37. The van der Waals surface area contributed by atoms with Crippen molar-refractivity contribution in [3.05, 3.63) is 59.2 Å². The quantitative estimate of drug-likeness (QED) is 0.472. The largest absolute Gasteiger partial charge is 0.457 e. The van der Waals surface area contributed by atoms with Crippen molar-refractivity contribution in [3.8, 4) is 11.5 Å². The van der Waals surface area contributed by atoms with E-state index in [4.69, 9.17) is 10.5 Å². The Morgan fingerprint density at radius 3 is 2.67 bits per heavy atom. The molecule has 2 aromatic carbocycles. The highest BCUT2D eigenvalue weighted by atomic mass is 32.1. The summed E-state index contributed by atoms with van der Waals surface area (Å²) in [6.07, 6.45) is 0.641. The van der Waals surface area contributed by atoms with E-state index in [-0.39, 0.29) is 11.0 Å². The molecular weight excluding hydrogens is 286 g/mol. The number of carbonyl (C=O) groups excluding carboxylic acids is 1. The van der Waals surface area contributed by atoms with E-state index >= 15 is 0 Å². The minimum absolute atomic E-state index is 0.00902. The molecule has 0 aromatic heterocycles. The van der Waals surface area contributed by atoms with Gasteiger partial charge in [0.15, 0.2) is 5.11 Å². The van der Waals surface area contributed by atoms with Gasteiger partial charge in [-0.2, -0.15) is 0 Å². The summed E-state index contributed by atoms with van der Waals surface area (Å²) in [4.78, 5) is 12.2.